The number of piperazine rings is 1. The average molecular weight is 402 g/mol. The highest BCUT2D eigenvalue weighted by molar-refractivity contribution is 5.91. The quantitative estimate of drug-likeness (QED) is 0.568. The van der Waals surface area contributed by atoms with Crippen molar-refractivity contribution in [1.82, 2.24) is 14.3 Å². The topological polar surface area (TPSA) is 74.2 Å². The lowest BCUT2D eigenvalue weighted by atomic mass is 10.1. The van der Waals surface area contributed by atoms with E-state index in [9.17, 15) is 9.90 Å². The molecule has 3 aromatic heterocycles. The van der Waals surface area contributed by atoms with Crippen molar-refractivity contribution in [3.8, 4) is 11.3 Å². The summed E-state index contributed by atoms with van der Waals surface area (Å²) in [6, 6.07) is 15.5. The number of benzene rings is 1. The Morgan fingerprint density at radius 1 is 1.07 bits per heavy atom. The van der Waals surface area contributed by atoms with E-state index >= 15 is 0 Å². The predicted molar refractivity (Wildman–Crippen MR) is 113 cm³/mol. The molecule has 1 saturated heterocycles. The largest absolute Gasteiger partial charge is 0.459 e. The normalized spacial score (nSPS) is 14.4. The van der Waals surface area contributed by atoms with Gasteiger partial charge in [0.05, 0.1) is 24.1 Å². The Balaban J connectivity index is 1.39. The van der Waals surface area contributed by atoms with Gasteiger partial charge in [0, 0.05) is 38.6 Å². The lowest BCUT2D eigenvalue weighted by molar-refractivity contribution is 0.0714. The summed E-state index contributed by atoms with van der Waals surface area (Å²) in [6.45, 7) is 2.67. The molecule has 5 rings (SSSR count). The molecule has 0 saturated carbocycles. The molecule has 0 bridgehead atoms. The number of rotatable bonds is 4. The molecule has 1 N–H and O–H groups in total. The van der Waals surface area contributed by atoms with Gasteiger partial charge in [0.1, 0.15) is 0 Å². The number of carbonyl (C=O) groups is 1. The number of fused-ring (bicyclic) bond motifs is 1. The maximum atomic E-state index is 12.5. The second kappa shape index (κ2) is 7.68. The van der Waals surface area contributed by atoms with Crippen LogP contribution in [0.1, 0.15) is 16.1 Å². The van der Waals surface area contributed by atoms with Crippen LogP contribution in [-0.2, 0) is 6.61 Å². The van der Waals surface area contributed by atoms with E-state index in [2.05, 4.69) is 26.4 Å². The first-order chi connectivity index (χ1) is 14.7. The van der Waals surface area contributed by atoms with Crippen molar-refractivity contribution in [2.45, 2.75) is 6.61 Å². The molecule has 1 aliphatic heterocycles. The molecule has 152 valence electrons. The molecular weight excluding hydrogens is 380 g/mol. The van der Waals surface area contributed by atoms with Crippen LogP contribution >= 0.6 is 0 Å². The zero-order valence-electron chi connectivity index (χ0n) is 16.4. The molecule has 0 atom stereocenters. The lowest BCUT2D eigenvalue weighted by Crippen LogP contribution is -2.49. The van der Waals surface area contributed by atoms with E-state index < -0.39 is 0 Å². The summed E-state index contributed by atoms with van der Waals surface area (Å²) in [5.41, 5.74) is 4.00. The summed E-state index contributed by atoms with van der Waals surface area (Å²) in [6.07, 6.45) is 5.28. The third-order valence-corrected chi connectivity index (χ3v) is 5.56. The summed E-state index contributed by atoms with van der Waals surface area (Å²) >= 11 is 0. The fraction of sp³-hybridized carbons (Fsp3) is 0.217. The van der Waals surface area contributed by atoms with Crippen molar-refractivity contribution >= 4 is 17.2 Å². The Morgan fingerprint density at radius 2 is 1.93 bits per heavy atom. The van der Waals surface area contributed by atoms with Crippen LogP contribution in [0.25, 0.3) is 16.8 Å². The lowest BCUT2D eigenvalue weighted by Gasteiger charge is -2.35. The van der Waals surface area contributed by atoms with Gasteiger partial charge >= 0.3 is 0 Å². The minimum Gasteiger partial charge on any atom is -0.459 e. The van der Waals surface area contributed by atoms with Crippen LogP contribution in [0.4, 0.5) is 5.82 Å². The molecule has 1 aromatic carbocycles. The number of aromatic nitrogens is 2. The molecule has 30 heavy (non-hydrogen) atoms. The van der Waals surface area contributed by atoms with Gasteiger partial charge in [-0.3, -0.25) is 4.79 Å². The monoisotopic (exact) mass is 402 g/mol. The molecule has 0 aliphatic carbocycles. The van der Waals surface area contributed by atoms with E-state index in [-0.39, 0.29) is 12.5 Å². The minimum absolute atomic E-state index is 0.0188. The first kappa shape index (κ1) is 18.4. The highest BCUT2D eigenvalue weighted by Gasteiger charge is 2.25. The van der Waals surface area contributed by atoms with Crippen molar-refractivity contribution in [1.29, 1.82) is 0 Å². The van der Waals surface area contributed by atoms with Gasteiger partial charge in [0.25, 0.3) is 5.91 Å². The van der Waals surface area contributed by atoms with E-state index in [0.717, 1.165) is 28.2 Å². The van der Waals surface area contributed by atoms with Gasteiger partial charge in [-0.25, -0.2) is 4.98 Å². The molecule has 1 aliphatic rings. The summed E-state index contributed by atoms with van der Waals surface area (Å²) < 4.78 is 7.37. The zero-order chi connectivity index (χ0) is 20.5. The summed E-state index contributed by atoms with van der Waals surface area (Å²) in [5.74, 6) is 1.22. The van der Waals surface area contributed by atoms with E-state index in [1.54, 1.807) is 12.1 Å². The molecule has 4 heterocycles. The third kappa shape index (κ3) is 3.23. The molecule has 4 aromatic rings. The van der Waals surface area contributed by atoms with Gasteiger partial charge in [-0.1, -0.05) is 18.2 Å². The van der Waals surface area contributed by atoms with Crippen LogP contribution in [0, 0.1) is 0 Å². The van der Waals surface area contributed by atoms with Crippen LogP contribution < -0.4 is 4.90 Å². The summed E-state index contributed by atoms with van der Waals surface area (Å²) in [7, 11) is 0. The van der Waals surface area contributed by atoms with Crippen LogP contribution in [0.2, 0.25) is 0 Å². The molecular formula is C23H22N4O3. The highest BCUT2D eigenvalue weighted by atomic mass is 16.3. The summed E-state index contributed by atoms with van der Waals surface area (Å²) in [5, 5.41) is 9.45. The Morgan fingerprint density at radius 3 is 2.70 bits per heavy atom. The second-order valence-corrected chi connectivity index (χ2v) is 7.34. The SMILES string of the molecule is O=C(c1ccco1)N1CCN(c2nccn3c(-c4cccc(CO)c4)ccc23)CC1. The van der Waals surface area contributed by atoms with Gasteiger partial charge in [-0.05, 0) is 41.5 Å². The van der Waals surface area contributed by atoms with Crippen LogP contribution in [0.5, 0.6) is 0 Å². The predicted octanol–water partition coefficient (Wildman–Crippen LogP) is 3.05. The number of hydrogen-bond acceptors (Lipinski definition) is 5. The highest BCUT2D eigenvalue weighted by Crippen LogP contribution is 2.28. The first-order valence-corrected chi connectivity index (χ1v) is 9.98. The van der Waals surface area contributed by atoms with Crippen molar-refractivity contribution in [2.75, 3.05) is 31.1 Å². The van der Waals surface area contributed by atoms with Crippen molar-refractivity contribution in [3.05, 3.63) is 78.5 Å². The van der Waals surface area contributed by atoms with Gasteiger partial charge in [0.2, 0.25) is 0 Å². The van der Waals surface area contributed by atoms with E-state index in [1.165, 1.54) is 6.26 Å². The maximum absolute atomic E-state index is 12.5. The van der Waals surface area contributed by atoms with E-state index in [4.69, 9.17) is 4.42 Å². The third-order valence-electron chi connectivity index (χ3n) is 5.56. The van der Waals surface area contributed by atoms with Gasteiger partial charge in [-0.2, -0.15) is 0 Å². The minimum atomic E-state index is -0.0699. The smallest absolute Gasteiger partial charge is 0.289 e. The van der Waals surface area contributed by atoms with Crippen molar-refractivity contribution in [3.63, 3.8) is 0 Å². The Labute approximate surface area is 173 Å². The molecule has 1 fully saturated rings. The molecule has 1 amide bonds. The second-order valence-electron chi connectivity index (χ2n) is 7.34. The average Bonchev–Trinajstić information content (AvgIpc) is 3.49. The van der Waals surface area contributed by atoms with Crippen molar-refractivity contribution < 1.29 is 14.3 Å². The number of aliphatic hydroxyl groups excluding tert-OH is 1. The van der Waals surface area contributed by atoms with Gasteiger partial charge < -0.3 is 23.7 Å². The van der Waals surface area contributed by atoms with Gasteiger partial charge in [0.15, 0.2) is 11.6 Å². The first-order valence-electron chi connectivity index (χ1n) is 9.98. The number of aliphatic hydroxyl groups is 1. The Kier molecular flexibility index (Phi) is 4.72. The molecule has 0 unspecified atom stereocenters. The van der Waals surface area contributed by atoms with E-state index in [0.29, 0.717) is 31.9 Å². The Hall–Kier alpha value is -3.58. The zero-order valence-corrected chi connectivity index (χ0v) is 16.4. The Bertz CT molecular complexity index is 1170. The van der Waals surface area contributed by atoms with Crippen LogP contribution in [0.3, 0.4) is 0 Å². The molecule has 7 heteroatoms. The van der Waals surface area contributed by atoms with Crippen LogP contribution in [-0.4, -0.2) is 51.5 Å². The number of carbonyl (C=O) groups excluding carboxylic acids is 1. The standard InChI is InChI=1S/C23H22N4O3/c28-16-17-3-1-4-18(15-17)19-6-7-20-22(24-8-9-27(19)20)25-10-12-26(13-11-25)23(29)21-5-2-14-30-21/h1-9,14-15,28H,10-13,16H2. The number of nitrogens with zero attached hydrogens (tertiary/aromatic N) is 4. The molecule has 7 nitrogen and oxygen atoms in total. The fourth-order valence-corrected chi connectivity index (χ4v) is 4.01. The fourth-order valence-electron chi connectivity index (χ4n) is 4.01. The van der Waals surface area contributed by atoms with E-state index in [1.807, 2.05) is 41.6 Å². The maximum Gasteiger partial charge on any atom is 0.289 e. The number of amides is 1. The summed E-state index contributed by atoms with van der Waals surface area (Å²) in [4.78, 5) is 21.2. The number of hydrogen-bond donors (Lipinski definition) is 1. The van der Waals surface area contributed by atoms with Gasteiger partial charge in [-0.15, -0.1) is 0 Å². The number of furan rings is 1. The molecule has 0 radical (unpaired) electrons. The molecule has 0 spiro atoms. The number of anilines is 1. The van der Waals surface area contributed by atoms with Crippen molar-refractivity contribution in [2.24, 2.45) is 0 Å². The van der Waals surface area contributed by atoms with Crippen LogP contribution in [0.15, 0.2) is 71.6 Å².